The highest BCUT2D eigenvalue weighted by atomic mass is 35.5. The highest BCUT2D eigenvalue weighted by molar-refractivity contribution is 6.31. The van der Waals surface area contributed by atoms with Crippen molar-refractivity contribution < 1.29 is 14.7 Å². The molecule has 0 aliphatic rings. The average molecular weight is 382 g/mol. The second-order valence-electron chi connectivity index (χ2n) is 5.72. The number of aromatic nitrogens is 2. The van der Waals surface area contributed by atoms with Crippen LogP contribution in [-0.2, 0) is 4.79 Å². The van der Waals surface area contributed by atoms with Gasteiger partial charge >= 0.3 is 5.97 Å². The molecule has 1 heterocycles. The number of carbonyl (C=O) groups is 2. The third-order valence-electron chi connectivity index (χ3n) is 3.85. The molecule has 1 aromatic heterocycles. The first kappa shape index (κ1) is 18.4. The number of carboxylic acid groups (broad SMARTS) is 1. The largest absolute Gasteiger partial charge is 0.477 e. The summed E-state index contributed by atoms with van der Waals surface area (Å²) in [7, 11) is 0. The van der Waals surface area contributed by atoms with Crippen molar-refractivity contribution in [2.75, 3.05) is 0 Å². The maximum atomic E-state index is 12.3. The zero-order valence-electron chi connectivity index (χ0n) is 14.4. The lowest BCUT2D eigenvalue weighted by Crippen LogP contribution is -2.27. The number of hydrogen-bond acceptors (Lipinski definition) is 3. The van der Waals surface area contributed by atoms with E-state index in [0.29, 0.717) is 16.8 Å². The Morgan fingerprint density at radius 3 is 2.26 bits per heavy atom. The van der Waals surface area contributed by atoms with Crippen molar-refractivity contribution in [1.82, 2.24) is 15.1 Å². The highest BCUT2D eigenvalue weighted by Crippen LogP contribution is 2.25. The Kier molecular flexibility index (Phi) is 5.38. The van der Waals surface area contributed by atoms with Crippen molar-refractivity contribution in [3.05, 3.63) is 88.3 Å². The van der Waals surface area contributed by atoms with Crippen LogP contribution in [-0.4, -0.2) is 26.8 Å². The number of nitrogens with zero attached hydrogens (tertiary/aromatic N) is 2. The van der Waals surface area contributed by atoms with Gasteiger partial charge in [0, 0.05) is 11.1 Å². The van der Waals surface area contributed by atoms with Crippen LogP contribution in [0.2, 0.25) is 5.15 Å². The second kappa shape index (κ2) is 7.88. The summed E-state index contributed by atoms with van der Waals surface area (Å²) in [6.45, 7) is 1.72. The van der Waals surface area contributed by atoms with E-state index in [9.17, 15) is 14.7 Å². The molecule has 0 unspecified atom stereocenters. The predicted octanol–water partition coefficient (Wildman–Crippen LogP) is 3.69. The molecule has 27 heavy (non-hydrogen) atoms. The van der Waals surface area contributed by atoms with Gasteiger partial charge in [0.15, 0.2) is 0 Å². The molecule has 136 valence electrons. The summed E-state index contributed by atoms with van der Waals surface area (Å²) in [6.07, 6.45) is 1.31. The minimum absolute atomic E-state index is 0.256. The Morgan fingerprint density at radius 2 is 1.67 bits per heavy atom. The maximum Gasteiger partial charge on any atom is 0.352 e. The van der Waals surface area contributed by atoms with Gasteiger partial charge in [-0.15, -0.1) is 0 Å². The molecule has 0 fully saturated rings. The Morgan fingerprint density at radius 1 is 1.07 bits per heavy atom. The average Bonchev–Trinajstić information content (AvgIpc) is 2.96. The third-order valence-corrected chi connectivity index (χ3v) is 4.22. The zero-order valence-corrected chi connectivity index (χ0v) is 15.1. The molecule has 3 aromatic rings. The lowest BCUT2D eigenvalue weighted by molar-refractivity contribution is -0.132. The van der Waals surface area contributed by atoms with Gasteiger partial charge < -0.3 is 10.4 Å². The smallest absolute Gasteiger partial charge is 0.352 e. The molecule has 0 bridgehead atoms. The van der Waals surface area contributed by atoms with Crippen LogP contribution in [0.3, 0.4) is 0 Å². The first-order chi connectivity index (χ1) is 13.0. The fourth-order valence-electron chi connectivity index (χ4n) is 2.50. The number of aliphatic carboxylic acids is 1. The van der Waals surface area contributed by atoms with Crippen LogP contribution in [0.5, 0.6) is 0 Å². The molecule has 0 saturated heterocycles. The van der Waals surface area contributed by atoms with Gasteiger partial charge in [-0.25, -0.2) is 9.48 Å². The fourth-order valence-corrected chi connectivity index (χ4v) is 2.82. The highest BCUT2D eigenvalue weighted by Gasteiger charge is 2.18. The van der Waals surface area contributed by atoms with E-state index in [1.165, 1.54) is 10.8 Å². The van der Waals surface area contributed by atoms with Crippen LogP contribution in [0.1, 0.15) is 21.6 Å². The summed E-state index contributed by atoms with van der Waals surface area (Å²) in [5, 5.41) is 16.5. The minimum Gasteiger partial charge on any atom is -0.477 e. The summed E-state index contributed by atoms with van der Waals surface area (Å²) in [5.74, 6) is -1.80. The van der Waals surface area contributed by atoms with E-state index in [1.54, 1.807) is 37.3 Å². The van der Waals surface area contributed by atoms with Crippen molar-refractivity contribution in [2.45, 2.75) is 6.92 Å². The van der Waals surface area contributed by atoms with Crippen molar-refractivity contribution in [3.63, 3.8) is 0 Å². The second-order valence-corrected chi connectivity index (χ2v) is 6.08. The molecule has 7 heteroatoms. The van der Waals surface area contributed by atoms with Crippen LogP contribution in [0.15, 0.2) is 66.4 Å². The van der Waals surface area contributed by atoms with Crippen LogP contribution < -0.4 is 5.32 Å². The molecule has 2 aromatic carbocycles. The summed E-state index contributed by atoms with van der Waals surface area (Å²) in [6, 6.07) is 17.6. The number of para-hydroxylation sites is 1. The van der Waals surface area contributed by atoms with Crippen molar-refractivity contribution in [1.29, 1.82) is 0 Å². The van der Waals surface area contributed by atoms with Gasteiger partial charge in [0.1, 0.15) is 10.9 Å². The van der Waals surface area contributed by atoms with Gasteiger partial charge in [0.25, 0.3) is 5.91 Å². The number of halogens is 1. The molecule has 2 N–H and O–H groups in total. The molecular weight excluding hydrogens is 366 g/mol. The molecule has 0 spiro atoms. The molecular formula is C20H16ClN3O3. The van der Waals surface area contributed by atoms with E-state index in [2.05, 4.69) is 10.4 Å². The standard InChI is InChI=1S/C20H16ClN3O3/c1-13-16(18(21)24(23-13)15-10-6-3-7-11-15)12-17(20(26)27)22-19(25)14-8-4-2-5-9-14/h2-12H,1H3,(H,22,25)(H,26,27)/b17-12+. The predicted molar refractivity (Wildman–Crippen MR) is 103 cm³/mol. The Bertz CT molecular complexity index is 1010. The summed E-state index contributed by atoms with van der Waals surface area (Å²) in [4.78, 5) is 23.9. The molecule has 0 saturated carbocycles. The van der Waals surface area contributed by atoms with E-state index in [4.69, 9.17) is 11.6 Å². The maximum absolute atomic E-state index is 12.3. The number of amides is 1. The van der Waals surface area contributed by atoms with Gasteiger partial charge in [-0.3, -0.25) is 4.79 Å². The number of rotatable bonds is 5. The number of carbonyl (C=O) groups excluding carboxylic acids is 1. The van der Waals surface area contributed by atoms with Crippen LogP contribution >= 0.6 is 11.6 Å². The summed E-state index contributed by atoms with van der Waals surface area (Å²) in [5.41, 5.74) is 1.77. The lowest BCUT2D eigenvalue weighted by atomic mass is 10.2. The SMILES string of the molecule is Cc1nn(-c2ccccc2)c(Cl)c1/C=C(/NC(=O)c1ccccc1)C(=O)O. The van der Waals surface area contributed by atoms with E-state index < -0.39 is 11.9 Å². The first-order valence-corrected chi connectivity index (χ1v) is 8.47. The number of nitrogens with one attached hydrogen (secondary N) is 1. The number of aryl methyl sites for hydroxylation is 1. The zero-order chi connectivity index (χ0) is 19.4. The number of benzene rings is 2. The normalized spacial score (nSPS) is 11.3. The quantitative estimate of drug-likeness (QED) is 0.660. The van der Waals surface area contributed by atoms with E-state index in [0.717, 1.165) is 5.69 Å². The van der Waals surface area contributed by atoms with Crippen molar-refractivity contribution in [3.8, 4) is 5.69 Å². The third kappa shape index (κ3) is 4.07. The lowest BCUT2D eigenvalue weighted by Gasteiger charge is -2.06. The summed E-state index contributed by atoms with van der Waals surface area (Å²) < 4.78 is 1.52. The van der Waals surface area contributed by atoms with Gasteiger partial charge in [-0.2, -0.15) is 5.10 Å². The van der Waals surface area contributed by atoms with Crippen molar-refractivity contribution >= 4 is 29.6 Å². The monoisotopic (exact) mass is 381 g/mol. The molecule has 3 rings (SSSR count). The minimum atomic E-state index is -1.28. The number of hydrogen-bond donors (Lipinski definition) is 2. The number of carboxylic acids is 1. The molecule has 1 amide bonds. The van der Waals surface area contributed by atoms with E-state index >= 15 is 0 Å². The Labute approximate surface area is 160 Å². The van der Waals surface area contributed by atoms with E-state index in [-0.39, 0.29) is 10.9 Å². The Hall–Kier alpha value is -3.38. The van der Waals surface area contributed by atoms with Crippen molar-refractivity contribution in [2.24, 2.45) is 0 Å². The first-order valence-electron chi connectivity index (χ1n) is 8.09. The van der Waals surface area contributed by atoms with Crippen LogP contribution in [0.25, 0.3) is 11.8 Å². The van der Waals surface area contributed by atoms with Crippen LogP contribution in [0.4, 0.5) is 0 Å². The van der Waals surface area contributed by atoms with E-state index in [1.807, 2.05) is 30.3 Å². The molecule has 0 atom stereocenters. The topological polar surface area (TPSA) is 84.2 Å². The van der Waals surface area contributed by atoms with Gasteiger partial charge in [0.2, 0.25) is 0 Å². The van der Waals surface area contributed by atoms with Gasteiger partial charge in [-0.1, -0.05) is 48.0 Å². The molecule has 0 radical (unpaired) electrons. The van der Waals surface area contributed by atoms with Gasteiger partial charge in [-0.05, 0) is 37.3 Å². The van der Waals surface area contributed by atoms with Crippen LogP contribution in [0, 0.1) is 6.92 Å². The fraction of sp³-hybridized carbons (Fsp3) is 0.0500. The Balaban J connectivity index is 1.96. The molecule has 0 aliphatic carbocycles. The molecule has 0 aliphatic heterocycles. The van der Waals surface area contributed by atoms with Gasteiger partial charge in [0.05, 0.1) is 11.4 Å². The summed E-state index contributed by atoms with van der Waals surface area (Å²) >= 11 is 6.42. The molecule has 6 nitrogen and oxygen atoms in total.